The fourth-order valence-electron chi connectivity index (χ4n) is 2.03. The van der Waals surface area contributed by atoms with Gasteiger partial charge < -0.3 is 0 Å². The van der Waals surface area contributed by atoms with Crippen molar-refractivity contribution in [1.29, 1.82) is 0 Å². The number of hydrogen-bond acceptors (Lipinski definition) is 1. The molecule has 0 radical (unpaired) electrons. The normalized spacial score (nSPS) is 25.8. The van der Waals surface area contributed by atoms with Crippen molar-refractivity contribution in [2.75, 3.05) is 13.1 Å². The van der Waals surface area contributed by atoms with E-state index in [2.05, 4.69) is 0 Å². The summed E-state index contributed by atoms with van der Waals surface area (Å²) in [6, 6.07) is 0.127. The second-order valence-electron chi connectivity index (χ2n) is 4.04. The largest absolute Gasteiger partial charge is 0.401 e. The van der Waals surface area contributed by atoms with Crippen molar-refractivity contribution in [2.45, 2.75) is 38.9 Å². The van der Waals surface area contributed by atoms with Gasteiger partial charge in [-0.25, -0.2) is 0 Å². The Hall–Kier alpha value is -0.250. The summed E-state index contributed by atoms with van der Waals surface area (Å²) in [5.41, 5.74) is 0. The van der Waals surface area contributed by atoms with Gasteiger partial charge in [0.05, 0.1) is 6.54 Å². The predicted octanol–water partition coefficient (Wildman–Crippen LogP) is 2.67. The first-order valence-electron chi connectivity index (χ1n) is 4.71. The molecule has 0 saturated carbocycles. The number of hydrogen-bond donors (Lipinski definition) is 0. The SMILES string of the molecule is CC(C)[C@@H]1CCCN1CC(F)(F)F. The molecular formula is C9H16F3N. The van der Waals surface area contributed by atoms with Crippen LogP contribution in [0.4, 0.5) is 13.2 Å². The molecule has 0 spiro atoms. The molecule has 1 nitrogen and oxygen atoms in total. The Morgan fingerprint density at radius 3 is 2.46 bits per heavy atom. The van der Waals surface area contributed by atoms with E-state index < -0.39 is 12.7 Å². The third kappa shape index (κ3) is 3.18. The monoisotopic (exact) mass is 195 g/mol. The Kier molecular flexibility index (Phi) is 3.22. The molecule has 1 aliphatic heterocycles. The van der Waals surface area contributed by atoms with Gasteiger partial charge in [0.15, 0.2) is 0 Å². The lowest BCUT2D eigenvalue weighted by molar-refractivity contribution is -0.149. The minimum Gasteiger partial charge on any atom is -0.292 e. The fourth-order valence-corrected chi connectivity index (χ4v) is 2.03. The van der Waals surface area contributed by atoms with Gasteiger partial charge >= 0.3 is 6.18 Å². The Bertz CT molecular complexity index is 165. The van der Waals surface area contributed by atoms with Crippen molar-refractivity contribution in [1.82, 2.24) is 4.90 Å². The maximum Gasteiger partial charge on any atom is 0.401 e. The van der Waals surface area contributed by atoms with E-state index in [0.29, 0.717) is 12.5 Å². The van der Waals surface area contributed by atoms with Crippen molar-refractivity contribution in [2.24, 2.45) is 5.92 Å². The number of likely N-dealkylation sites (tertiary alicyclic amines) is 1. The van der Waals surface area contributed by atoms with Crippen LogP contribution < -0.4 is 0 Å². The summed E-state index contributed by atoms with van der Waals surface area (Å²) in [5.74, 6) is 0.324. The van der Waals surface area contributed by atoms with E-state index >= 15 is 0 Å². The van der Waals surface area contributed by atoms with E-state index in [4.69, 9.17) is 0 Å². The summed E-state index contributed by atoms with van der Waals surface area (Å²) in [6.45, 7) is 3.83. The van der Waals surface area contributed by atoms with Crippen LogP contribution in [-0.4, -0.2) is 30.2 Å². The zero-order valence-electron chi connectivity index (χ0n) is 8.06. The average molecular weight is 195 g/mol. The summed E-state index contributed by atoms with van der Waals surface area (Å²) >= 11 is 0. The maximum atomic E-state index is 12.1. The molecule has 0 N–H and O–H groups in total. The van der Waals surface area contributed by atoms with Gasteiger partial charge in [0.2, 0.25) is 0 Å². The zero-order valence-corrected chi connectivity index (χ0v) is 8.06. The van der Waals surface area contributed by atoms with Crippen LogP contribution in [0, 0.1) is 5.92 Å². The minimum atomic E-state index is -4.04. The minimum absolute atomic E-state index is 0.127. The number of halogens is 3. The van der Waals surface area contributed by atoms with E-state index in [1.165, 1.54) is 0 Å². The Labute approximate surface area is 76.9 Å². The molecule has 0 aromatic carbocycles. The van der Waals surface area contributed by atoms with Gasteiger partial charge in [-0.15, -0.1) is 0 Å². The highest BCUT2D eigenvalue weighted by atomic mass is 19.4. The molecule has 78 valence electrons. The van der Waals surface area contributed by atoms with E-state index in [0.717, 1.165) is 12.8 Å². The van der Waals surface area contributed by atoms with Gasteiger partial charge in [-0.3, -0.25) is 4.90 Å². The maximum absolute atomic E-state index is 12.1. The Morgan fingerprint density at radius 1 is 1.38 bits per heavy atom. The molecule has 0 aromatic rings. The molecule has 1 aliphatic rings. The second-order valence-corrected chi connectivity index (χ2v) is 4.04. The van der Waals surface area contributed by atoms with Crippen molar-refractivity contribution >= 4 is 0 Å². The third-order valence-corrected chi connectivity index (χ3v) is 2.57. The molecule has 1 heterocycles. The van der Waals surface area contributed by atoms with Gasteiger partial charge in [0, 0.05) is 6.04 Å². The highest BCUT2D eigenvalue weighted by Gasteiger charge is 2.36. The molecule has 0 amide bonds. The van der Waals surface area contributed by atoms with Crippen LogP contribution in [0.3, 0.4) is 0 Å². The van der Waals surface area contributed by atoms with Gasteiger partial charge in [-0.1, -0.05) is 13.8 Å². The fraction of sp³-hybridized carbons (Fsp3) is 1.00. The molecule has 1 saturated heterocycles. The molecule has 1 rings (SSSR count). The van der Waals surface area contributed by atoms with Crippen LogP contribution in [0.5, 0.6) is 0 Å². The van der Waals surface area contributed by atoms with Crippen molar-refractivity contribution in [3.63, 3.8) is 0 Å². The van der Waals surface area contributed by atoms with Crippen molar-refractivity contribution in [3.05, 3.63) is 0 Å². The highest BCUT2D eigenvalue weighted by Crippen LogP contribution is 2.27. The molecule has 4 heteroatoms. The lowest BCUT2D eigenvalue weighted by Crippen LogP contribution is -2.40. The molecule has 1 fully saturated rings. The van der Waals surface area contributed by atoms with Crippen LogP contribution in [0.15, 0.2) is 0 Å². The molecule has 0 bridgehead atoms. The van der Waals surface area contributed by atoms with Crippen molar-refractivity contribution in [3.8, 4) is 0 Å². The molecular weight excluding hydrogens is 179 g/mol. The summed E-state index contributed by atoms with van der Waals surface area (Å²) in [5, 5.41) is 0. The summed E-state index contributed by atoms with van der Waals surface area (Å²) in [6.07, 6.45) is -2.23. The lowest BCUT2D eigenvalue weighted by atomic mass is 10.0. The van der Waals surface area contributed by atoms with E-state index in [9.17, 15) is 13.2 Å². The first-order chi connectivity index (χ1) is 5.90. The number of nitrogens with zero attached hydrogens (tertiary/aromatic N) is 1. The number of rotatable bonds is 2. The highest BCUT2D eigenvalue weighted by molar-refractivity contribution is 4.82. The summed E-state index contributed by atoms with van der Waals surface area (Å²) < 4.78 is 36.3. The van der Waals surface area contributed by atoms with Crippen LogP contribution in [0.1, 0.15) is 26.7 Å². The first kappa shape index (κ1) is 10.8. The second kappa shape index (κ2) is 3.86. The summed E-state index contributed by atoms with van der Waals surface area (Å²) in [7, 11) is 0. The van der Waals surface area contributed by atoms with Crippen LogP contribution in [0.2, 0.25) is 0 Å². The van der Waals surface area contributed by atoms with Crippen molar-refractivity contribution < 1.29 is 13.2 Å². The standard InChI is InChI=1S/C9H16F3N/c1-7(2)8-4-3-5-13(8)6-9(10,11)12/h7-8H,3-6H2,1-2H3/t8-/m0/s1. The van der Waals surface area contributed by atoms with Gasteiger partial charge in [0.1, 0.15) is 0 Å². The predicted molar refractivity (Wildman–Crippen MR) is 45.5 cm³/mol. The third-order valence-electron chi connectivity index (χ3n) is 2.57. The smallest absolute Gasteiger partial charge is 0.292 e. The van der Waals surface area contributed by atoms with E-state index in [1.807, 2.05) is 13.8 Å². The van der Waals surface area contributed by atoms with Gasteiger partial charge in [-0.2, -0.15) is 13.2 Å². The van der Waals surface area contributed by atoms with E-state index in [-0.39, 0.29) is 6.04 Å². The zero-order chi connectivity index (χ0) is 10.1. The first-order valence-corrected chi connectivity index (χ1v) is 4.71. The van der Waals surface area contributed by atoms with Gasteiger partial charge in [-0.05, 0) is 25.3 Å². The topological polar surface area (TPSA) is 3.24 Å². The molecule has 0 aliphatic carbocycles. The van der Waals surface area contributed by atoms with Gasteiger partial charge in [0.25, 0.3) is 0 Å². The molecule has 1 atom stereocenters. The average Bonchev–Trinajstić information content (AvgIpc) is 2.31. The number of alkyl halides is 3. The van der Waals surface area contributed by atoms with Crippen LogP contribution in [-0.2, 0) is 0 Å². The molecule has 0 aromatic heterocycles. The lowest BCUT2D eigenvalue weighted by Gasteiger charge is -2.28. The quantitative estimate of drug-likeness (QED) is 0.654. The Morgan fingerprint density at radius 2 is 2.00 bits per heavy atom. The van der Waals surface area contributed by atoms with Crippen LogP contribution >= 0.6 is 0 Å². The molecule has 0 unspecified atom stereocenters. The Balaban J connectivity index is 2.49. The summed E-state index contributed by atoms with van der Waals surface area (Å²) in [4.78, 5) is 1.56. The van der Waals surface area contributed by atoms with Crippen LogP contribution in [0.25, 0.3) is 0 Å². The van der Waals surface area contributed by atoms with E-state index in [1.54, 1.807) is 4.90 Å². The molecule has 13 heavy (non-hydrogen) atoms.